The number of aliphatic hydroxyl groups is 1. The van der Waals surface area contributed by atoms with Crippen molar-refractivity contribution in [3.05, 3.63) is 48.4 Å². The molecule has 7 nitrogen and oxygen atoms in total. The highest BCUT2D eigenvalue weighted by atomic mass is 16.3. The lowest BCUT2D eigenvalue weighted by Gasteiger charge is -2.30. The highest BCUT2D eigenvalue weighted by molar-refractivity contribution is 5.86. The zero-order chi connectivity index (χ0) is 17.2. The van der Waals surface area contributed by atoms with Crippen LogP contribution in [0.25, 0.3) is 0 Å². The van der Waals surface area contributed by atoms with Gasteiger partial charge in [-0.15, -0.1) is 0 Å². The molecule has 3 unspecified atom stereocenters. The summed E-state index contributed by atoms with van der Waals surface area (Å²) in [6.07, 6.45) is 3.78. The molecule has 2 aromatic rings. The first-order valence-corrected chi connectivity index (χ1v) is 8.53. The second-order valence-corrected chi connectivity index (χ2v) is 6.57. The summed E-state index contributed by atoms with van der Waals surface area (Å²) in [7, 11) is 0. The fraction of sp³-hybridized carbons (Fsp3) is 0.389. The number of aliphatic hydroxyl groups excluding tert-OH is 1. The Balaban J connectivity index is 1.45. The van der Waals surface area contributed by atoms with Gasteiger partial charge in [-0.25, -0.2) is 9.97 Å². The van der Waals surface area contributed by atoms with E-state index in [1.807, 2.05) is 17.0 Å². The zero-order valence-corrected chi connectivity index (χ0v) is 13.8. The van der Waals surface area contributed by atoms with Crippen molar-refractivity contribution in [3.63, 3.8) is 0 Å². The molecule has 4 rings (SSSR count). The summed E-state index contributed by atoms with van der Waals surface area (Å²) in [5.74, 6) is 0.597. The van der Waals surface area contributed by atoms with Crippen LogP contribution < -0.4 is 15.5 Å². The Bertz CT molecular complexity index is 754. The highest BCUT2D eigenvalue weighted by Gasteiger charge is 2.37. The maximum atomic E-state index is 12.8. The smallest absolute Gasteiger partial charge is 0.243 e. The van der Waals surface area contributed by atoms with Gasteiger partial charge in [0.25, 0.3) is 0 Å². The standard InChI is InChI=1S/C18H21N5O2/c24-14-8-16(23(10-14)17-5-6-19-11-21-17)18(25)22-13-7-12-3-1-2-4-15(12)20-9-13/h1-6,11,13-14,16,20,24H,7-10H2,(H,22,25). The molecule has 1 fully saturated rings. The van der Waals surface area contributed by atoms with Crippen molar-refractivity contribution in [1.82, 2.24) is 15.3 Å². The first-order valence-electron chi connectivity index (χ1n) is 8.53. The first-order chi connectivity index (χ1) is 12.2. The van der Waals surface area contributed by atoms with Crippen LogP contribution in [-0.4, -0.2) is 52.3 Å². The molecule has 7 heteroatoms. The van der Waals surface area contributed by atoms with Crippen LogP contribution in [0.5, 0.6) is 0 Å². The highest BCUT2D eigenvalue weighted by Crippen LogP contribution is 2.25. The van der Waals surface area contributed by atoms with Crippen LogP contribution in [0.1, 0.15) is 12.0 Å². The van der Waals surface area contributed by atoms with Crippen molar-refractivity contribution in [2.75, 3.05) is 23.3 Å². The van der Waals surface area contributed by atoms with E-state index in [4.69, 9.17) is 0 Å². The quantitative estimate of drug-likeness (QED) is 0.757. The molecule has 25 heavy (non-hydrogen) atoms. The monoisotopic (exact) mass is 339 g/mol. The number of para-hydroxylation sites is 1. The molecule has 0 spiro atoms. The molecule has 2 aliphatic rings. The van der Waals surface area contributed by atoms with Crippen LogP contribution in [-0.2, 0) is 11.2 Å². The normalized spacial score (nSPS) is 25.2. The van der Waals surface area contributed by atoms with Crippen molar-refractivity contribution < 1.29 is 9.90 Å². The number of nitrogens with zero attached hydrogens (tertiary/aromatic N) is 3. The minimum Gasteiger partial charge on any atom is -0.391 e. The summed E-state index contributed by atoms with van der Waals surface area (Å²) in [5.41, 5.74) is 2.34. The van der Waals surface area contributed by atoms with E-state index in [1.165, 1.54) is 11.9 Å². The van der Waals surface area contributed by atoms with E-state index in [-0.39, 0.29) is 11.9 Å². The molecule has 3 heterocycles. The average molecular weight is 339 g/mol. The summed E-state index contributed by atoms with van der Waals surface area (Å²) < 4.78 is 0. The number of carbonyl (C=O) groups excluding carboxylic acids is 1. The molecule has 3 atom stereocenters. The maximum Gasteiger partial charge on any atom is 0.243 e. The van der Waals surface area contributed by atoms with E-state index in [1.54, 1.807) is 12.3 Å². The number of benzene rings is 1. The predicted octanol–water partition coefficient (Wildman–Crippen LogP) is 0.569. The molecule has 2 aliphatic heterocycles. The Morgan fingerprint density at radius 1 is 1.32 bits per heavy atom. The summed E-state index contributed by atoms with van der Waals surface area (Å²) >= 11 is 0. The van der Waals surface area contributed by atoms with Gasteiger partial charge in [-0.1, -0.05) is 18.2 Å². The second-order valence-electron chi connectivity index (χ2n) is 6.57. The lowest BCUT2D eigenvalue weighted by atomic mass is 9.99. The molecule has 130 valence electrons. The maximum absolute atomic E-state index is 12.8. The SMILES string of the molecule is O=C(NC1CNc2ccccc2C1)C1CC(O)CN1c1ccncn1. The number of amides is 1. The van der Waals surface area contributed by atoms with Crippen molar-refractivity contribution >= 4 is 17.4 Å². The Labute approximate surface area is 146 Å². The third-order valence-corrected chi connectivity index (χ3v) is 4.81. The average Bonchev–Trinajstić information content (AvgIpc) is 3.04. The molecule has 0 saturated carbocycles. The molecular formula is C18H21N5O2. The Kier molecular flexibility index (Phi) is 4.23. The number of aromatic nitrogens is 2. The molecule has 1 aromatic heterocycles. The third kappa shape index (κ3) is 3.28. The van der Waals surface area contributed by atoms with E-state index in [9.17, 15) is 9.90 Å². The van der Waals surface area contributed by atoms with Gasteiger partial charge < -0.3 is 20.6 Å². The van der Waals surface area contributed by atoms with Crippen molar-refractivity contribution in [1.29, 1.82) is 0 Å². The van der Waals surface area contributed by atoms with Gasteiger partial charge in [-0.3, -0.25) is 4.79 Å². The summed E-state index contributed by atoms with van der Waals surface area (Å²) in [5, 5.41) is 16.5. The molecule has 0 bridgehead atoms. The lowest BCUT2D eigenvalue weighted by molar-refractivity contribution is -0.123. The topological polar surface area (TPSA) is 90.4 Å². The predicted molar refractivity (Wildman–Crippen MR) is 94.4 cm³/mol. The number of rotatable bonds is 3. The largest absolute Gasteiger partial charge is 0.391 e. The molecule has 0 aliphatic carbocycles. The van der Waals surface area contributed by atoms with Gasteiger partial charge in [0.2, 0.25) is 5.91 Å². The second kappa shape index (κ2) is 6.68. The number of nitrogens with one attached hydrogen (secondary N) is 2. The van der Waals surface area contributed by atoms with E-state index in [0.717, 1.165) is 12.1 Å². The van der Waals surface area contributed by atoms with Crippen molar-refractivity contribution in [3.8, 4) is 0 Å². The summed E-state index contributed by atoms with van der Waals surface area (Å²) in [6.45, 7) is 1.10. The fourth-order valence-electron chi connectivity index (χ4n) is 3.61. The van der Waals surface area contributed by atoms with Gasteiger partial charge in [0.05, 0.1) is 12.1 Å². The number of fused-ring (bicyclic) bond motifs is 1. The first kappa shape index (κ1) is 15.8. The van der Waals surface area contributed by atoms with Crippen LogP contribution in [0.15, 0.2) is 42.9 Å². The van der Waals surface area contributed by atoms with Gasteiger partial charge in [-0.2, -0.15) is 0 Å². The van der Waals surface area contributed by atoms with E-state index in [0.29, 0.717) is 25.3 Å². The van der Waals surface area contributed by atoms with Gasteiger partial charge in [0.1, 0.15) is 18.2 Å². The number of carbonyl (C=O) groups is 1. The Morgan fingerprint density at radius 2 is 2.20 bits per heavy atom. The molecular weight excluding hydrogens is 318 g/mol. The Morgan fingerprint density at radius 3 is 3.04 bits per heavy atom. The Hall–Kier alpha value is -2.67. The minimum absolute atomic E-state index is 0.0346. The van der Waals surface area contributed by atoms with Crippen LogP contribution in [0, 0.1) is 0 Å². The molecule has 1 amide bonds. The summed E-state index contributed by atoms with van der Waals surface area (Å²) in [4.78, 5) is 22.8. The van der Waals surface area contributed by atoms with Crippen LogP contribution in [0.3, 0.4) is 0 Å². The van der Waals surface area contributed by atoms with Crippen LogP contribution in [0.2, 0.25) is 0 Å². The zero-order valence-electron chi connectivity index (χ0n) is 13.8. The van der Waals surface area contributed by atoms with Gasteiger partial charge >= 0.3 is 0 Å². The van der Waals surface area contributed by atoms with Gasteiger partial charge in [0, 0.05) is 31.4 Å². The van der Waals surface area contributed by atoms with E-state index < -0.39 is 12.1 Å². The number of hydrogen-bond donors (Lipinski definition) is 3. The lowest BCUT2D eigenvalue weighted by Crippen LogP contribution is -2.50. The third-order valence-electron chi connectivity index (χ3n) is 4.81. The van der Waals surface area contributed by atoms with E-state index >= 15 is 0 Å². The number of anilines is 2. The van der Waals surface area contributed by atoms with Crippen LogP contribution >= 0.6 is 0 Å². The van der Waals surface area contributed by atoms with Crippen molar-refractivity contribution in [2.24, 2.45) is 0 Å². The molecule has 1 aromatic carbocycles. The number of hydrogen-bond acceptors (Lipinski definition) is 6. The van der Waals surface area contributed by atoms with E-state index in [2.05, 4.69) is 32.7 Å². The molecule has 1 saturated heterocycles. The molecule has 3 N–H and O–H groups in total. The van der Waals surface area contributed by atoms with Crippen molar-refractivity contribution in [2.45, 2.75) is 31.0 Å². The summed E-state index contributed by atoms with van der Waals surface area (Å²) in [6, 6.07) is 9.52. The minimum atomic E-state index is -0.532. The fourth-order valence-corrected chi connectivity index (χ4v) is 3.61. The van der Waals surface area contributed by atoms with Gasteiger partial charge in [-0.05, 0) is 24.1 Å². The van der Waals surface area contributed by atoms with Gasteiger partial charge in [0.15, 0.2) is 0 Å². The number of β-amino-alcohol motifs (C(OH)–C–C–N with tert-alkyl or cyclic N) is 1. The van der Waals surface area contributed by atoms with Crippen LogP contribution in [0.4, 0.5) is 11.5 Å². The molecule has 0 radical (unpaired) electrons.